The van der Waals surface area contributed by atoms with Crippen molar-refractivity contribution in [1.82, 2.24) is 25.3 Å². The second kappa shape index (κ2) is 11.0. The molecule has 1 aliphatic rings. The number of para-hydroxylation sites is 1. The number of pyridine rings is 1. The number of aromatic nitrogens is 4. The molecule has 1 amide bonds. The summed E-state index contributed by atoms with van der Waals surface area (Å²) in [5.41, 5.74) is 2.36. The van der Waals surface area contributed by atoms with E-state index in [-0.39, 0.29) is 31.1 Å². The van der Waals surface area contributed by atoms with E-state index >= 15 is 0 Å². The molecular weight excluding hydrogens is 422 g/mol. The quantitative estimate of drug-likeness (QED) is 0.512. The molecule has 0 bridgehead atoms. The Morgan fingerprint density at radius 3 is 2.88 bits per heavy atom. The molecule has 2 aromatic heterocycles. The molecule has 1 saturated heterocycles. The number of carbonyl (C=O) groups excluding carboxylic acids is 1. The third-order valence-electron chi connectivity index (χ3n) is 5.81. The Balaban J connectivity index is 1.28. The fourth-order valence-electron chi connectivity index (χ4n) is 4.10. The van der Waals surface area contributed by atoms with Gasteiger partial charge in [-0.15, -0.1) is 5.10 Å². The SMILES string of the molecule is COc1ccccc1-c1cn(CC[C@H]2CC[C@@H](NC(=O)Cc3ccccn3)[C@@H](CO)O2)nn1. The molecule has 0 unspecified atom stereocenters. The molecule has 1 aromatic carbocycles. The largest absolute Gasteiger partial charge is 0.496 e. The van der Waals surface area contributed by atoms with E-state index < -0.39 is 6.10 Å². The normalized spacial score (nSPS) is 20.4. The van der Waals surface area contributed by atoms with E-state index in [4.69, 9.17) is 9.47 Å². The molecule has 3 aromatic rings. The maximum atomic E-state index is 12.4. The summed E-state index contributed by atoms with van der Waals surface area (Å²) >= 11 is 0. The second-order valence-corrected chi connectivity index (χ2v) is 8.08. The van der Waals surface area contributed by atoms with Crippen molar-refractivity contribution in [3.63, 3.8) is 0 Å². The van der Waals surface area contributed by atoms with Crippen molar-refractivity contribution in [3.8, 4) is 17.0 Å². The van der Waals surface area contributed by atoms with Gasteiger partial charge in [0.15, 0.2) is 0 Å². The fraction of sp³-hybridized carbons (Fsp3) is 0.417. The Labute approximate surface area is 192 Å². The van der Waals surface area contributed by atoms with Gasteiger partial charge in [0.2, 0.25) is 5.91 Å². The maximum Gasteiger partial charge on any atom is 0.226 e. The molecule has 0 aliphatic carbocycles. The van der Waals surface area contributed by atoms with Crippen LogP contribution in [0.15, 0.2) is 54.9 Å². The van der Waals surface area contributed by atoms with Crippen molar-refractivity contribution in [2.45, 2.75) is 50.5 Å². The zero-order valence-electron chi connectivity index (χ0n) is 18.6. The number of nitrogens with zero attached hydrogens (tertiary/aromatic N) is 4. The smallest absolute Gasteiger partial charge is 0.226 e. The van der Waals surface area contributed by atoms with Crippen LogP contribution in [0.1, 0.15) is 25.0 Å². The molecule has 3 heterocycles. The van der Waals surface area contributed by atoms with E-state index in [1.165, 1.54) is 0 Å². The summed E-state index contributed by atoms with van der Waals surface area (Å²) in [7, 11) is 1.63. The third kappa shape index (κ3) is 5.94. The lowest BCUT2D eigenvalue weighted by molar-refractivity contribution is -0.128. The molecule has 9 heteroatoms. The molecule has 4 rings (SSSR count). The molecule has 33 heavy (non-hydrogen) atoms. The van der Waals surface area contributed by atoms with E-state index in [1.54, 1.807) is 18.0 Å². The number of aryl methyl sites for hydroxylation is 1. The number of hydrogen-bond donors (Lipinski definition) is 2. The minimum Gasteiger partial charge on any atom is -0.496 e. The summed E-state index contributed by atoms with van der Waals surface area (Å²) in [6, 6.07) is 13.0. The topological polar surface area (TPSA) is 111 Å². The number of hydrogen-bond acceptors (Lipinski definition) is 7. The molecule has 0 spiro atoms. The lowest BCUT2D eigenvalue weighted by Crippen LogP contribution is -2.51. The number of amides is 1. The lowest BCUT2D eigenvalue weighted by Gasteiger charge is -2.36. The first kappa shape index (κ1) is 22.9. The number of ether oxygens (including phenoxy) is 2. The first-order chi connectivity index (χ1) is 16.2. The van der Waals surface area contributed by atoms with Crippen molar-refractivity contribution in [2.75, 3.05) is 13.7 Å². The predicted molar refractivity (Wildman–Crippen MR) is 121 cm³/mol. The van der Waals surface area contributed by atoms with Crippen LogP contribution in [0.25, 0.3) is 11.3 Å². The average molecular weight is 452 g/mol. The first-order valence-electron chi connectivity index (χ1n) is 11.2. The van der Waals surface area contributed by atoms with E-state index in [1.807, 2.05) is 48.7 Å². The number of methoxy groups -OCH3 is 1. The highest BCUT2D eigenvalue weighted by atomic mass is 16.5. The molecule has 0 radical (unpaired) electrons. The fourth-order valence-corrected chi connectivity index (χ4v) is 4.10. The molecule has 2 N–H and O–H groups in total. The van der Waals surface area contributed by atoms with Crippen LogP contribution >= 0.6 is 0 Å². The Bertz CT molecular complexity index is 1040. The van der Waals surface area contributed by atoms with Crippen LogP contribution in [0.4, 0.5) is 0 Å². The summed E-state index contributed by atoms with van der Waals surface area (Å²) in [5, 5.41) is 21.3. The van der Waals surface area contributed by atoms with E-state index in [9.17, 15) is 9.90 Å². The zero-order chi connectivity index (χ0) is 23.0. The zero-order valence-corrected chi connectivity index (χ0v) is 18.6. The van der Waals surface area contributed by atoms with Crippen LogP contribution in [-0.4, -0.2) is 63.0 Å². The van der Waals surface area contributed by atoms with Gasteiger partial charge in [-0.1, -0.05) is 23.4 Å². The van der Waals surface area contributed by atoms with Gasteiger partial charge in [-0.2, -0.15) is 0 Å². The van der Waals surface area contributed by atoms with Crippen molar-refractivity contribution in [2.24, 2.45) is 0 Å². The van der Waals surface area contributed by atoms with E-state index in [0.29, 0.717) is 12.2 Å². The molecule has 1 fully saturated rings. The summed E-state index contributed by atoms with van der Waals surface area (Å²) in [5.74, 6) is 0.632. The van der Waals surface area contributed by atoms with E-state index in [2.05, 4.69) is 20.6 Å². The van der Waals surface area contributed by atoms with Gasteiger partial charge < -0.3 is 19.9 Å². The number of aliphatic hydroxyl groups excluding tert-OH is 1. The molecular formula is C24H29N5O4. The highest BCUT2D eigenvalue weighted by Crippen LogP contribution is 2.28. The van der Waals surface area contributed by atoms with Crippen LogP contribution in [0.2, 0.25) is 0 Å². The standard InChI is InChI=1S/C24H29N5O4/c1-32-22-8-3-2-7-19(22)21-15-29(28-27-21)13-11-18-9-10-20(23(16-30)33-18)26-24(31)14-17-6-4-5-12-25-17/h2-8,12,15,18,20,23,30H,9-11,13-14,16H2,1H3,(H,26,31)/t18-,20-,23-/m1/s1. The van der Waals surface area contributed by atoms with Crippen LogP contribution in [0.5, 0.6) is 5.75 Å². The van der Waals surface area contributed by atoms with Crippen molar-refractivity contribution >= 4 is 5.91 Å². The number of nitrogens with one attached hydrogen (secondary N) is 1. The Hall–Kier alpha value is -3.30. The third-order valence-corrected chi connectivity index (χ3v) is 5.81. The second-order valence-electron chi connectivity index (χ2n) is 8.08. The number of carbonyl (C=O) groups is 1. The van der Waals surface area contributed by atoms with Gasteiger partial charge in [0.1, 0.15) is 17.5 Å². The highest BCUT2D eigenvalue weighted by Gasteiger charge is 2.31. The molecule has 9 nitrogen and oxygen atoms in total. The van der Waals surface area contributed by atoms with Gasteiger partial charge in [0.25, 0.3) is 0 Å². The Morgan fingerprint density at radius 2 is 2.09 bits per heavy atom. The van der Waals surface area contributed by atoms with Gasteiger partial charge in [-0.3, -0.25) is 14.5 Å². The van der Waals surface area contributed by atoms with Gasteiger partial charge in [-0.05, 0) is 43.5 Å². The summed E-state index contributed by atoms with van der Waals surface area (Å²) in [6.45, 7) is 0.494. The molecule has 0 saturated carbocycles. The minimum absolute atomic E-state index is 0.0231. The van der Waals surface area contributed by atoms with Crippen molar-refractivity contribution in [1.29, 1.82) is 0 Å². The molecule has 3 atom stereocenters. The average Bonchev–Trinajstić information content (AvgIpc) is 3.33. The van der Waals surface area contributed by atoms with Crippen LogP contribution < -0.4 is 10.1 Å². The van der Waals surface area contributed by atoms with Gasteiger partial charge in [0, 0.05) is 24.0 Å². The van der Waals surface area contributed by atoms with Crippen molar-refractivity contribution in [3.05, 3.63) is 60.6 Å². The monoisotopic (exact) mass is 451 g/mol. The number of aliphatic hydroxyl groups is 1. The predicted octanol–water partition coefficient (Wildman–Crippen LogP) is 2.01. The highest BCUT2D eigenvalue weighted by molar-refractivity contribution is 5.78. The summed E-state index contributed by atoms with van der Waals surface area (Å²) in [4.78, 5) is 16.6. The lowest BCUT2D eigenvalue weighted by atomic mass is 9.97. The van der Waals surface area contributed by atoms with Gasteiger partial charge in [0.05, 0.1) is 38.5 Å². The number of benzene rings is 1. The van der Waals surface area contributed by atoms with Gasteiger partial charge >= 0.3 is 0 Å². The summed E-state index contributed by atoms with van der Waals surface area (Å²) in [6.07, 6.45) is 5.58. The molecule has 1 aliphatic heterocycles. The van der Waals surface area contributed by atoms with Crippen LogP contribution in [0.3, 0.4) is 0 Å². The first-order valence-corrected chi connectivity index (χ1v) is 11.2. The van der Waals surface area contributed by atoms with E-state index in [0.717, 1.165) is 36.3 Å². The minimum atomic E-state index is -0.434. The van der Waals surface area contributed by atoms with Crippen molar-refractivity contribution < 1.29 is 19.4 Å². The summed E-state index contributed by atoms with van der Waals surface area (Å²) < 4.78 is 13.3. The van der Waals surface area contributed by atoms with Crippen LogP contribution in [-0.2, 0) is 22.5 Å². The Kier molecular flexibility index (Phi) is 7.64. The van der Waals surface area contributed by atoms with Gasteiger partial charge in [-0.25, -0.2) is 0 Å². The maximum absolute atomic E-state index is 12.4. The Morgan fingerprint density at radius 1 is 1.24 bits per heavy atom. The van der Waals surface area contributed by atoms with Crippen LogP contribution in [0, 0.1) is 0 Å². The molecule has 174 valence electrons. The number of rotatable bonds is 9.